The quantitative estimate of drug-likeness (QED) is 0.240. The van der Waals surface area contributed by atoms with Gasteiger partial charge in [0.2, 0.25) is 0 Å². The lowest BCUT2D eigenvalue weighted by atomic mass is 10.0. The first-order valence-electron chi connectivity index (χ1n) is 11.4. The molecule has 0 amide bonds. The summed E-state index contributed by atoms with van der Waals surface area (Å²) in [7, 11) is 0. The Hall–Kier alpha value is -1.96. The minimum absolute atomic E-state index is 0.295. The second kappa shape index (κ2) is 14.1. The van der Waals surface area contributed by atoms with E-state index in [1.165, 1.54) is 89.0 Å². The molecular formula is C26H39NO. The Morgan fingerprint density at radius 2 is 1.00 bits per heavy atom. The van der Waals surface area contributed by atoms with Crippen molar-refractivity contribution in [3.05, 3.63) is 54.1 Å². The smallest absolute Gasteiger partial charge is 0.115 e. The summed E-state index contributed by atoms with van der Waals surface area (Å²) in [6.07, 6.45) is 18.0. The molecule has 2 heteroatoms. The second-order valence-electron chi connectivity index (χ2n) is 8.01. The van der Waals surface area contributed by atoms with Crippen molar-refractivity contribution in [2.45, 2.75) is 90.4 Å². The molecule has 0 bridgehead atoms. The first kappa shape index (κ1) is 22.3. The fraction of sp³-hybridized carbons (Fsp3) is 0.538. The van der Waals surface area contributed by atoms with Gasteiger partial charge in [-0.05, 0) is 54.8 Å². The Morgan fingerprint density at radius 1 is 0.571 bits per heavy atom. The van der Waals surface area contributed by atoms with E-state index in [0.717, 1.165) is 11.4 Å². The van der Waals surface area contributed by atoms with Crippen LogP contribution in [0.1, 0.15) is 89.5 Å². The second-order valence-corrected chi connectivity index (χ2v) is 8.01. The Kier molecular flexibility index (Phi) is 11.2. The van der Waals surface area contributed by atoms with Gasteiger partial charge in [0.25, 0.3) is 0 Å². The van der Waals surface area contributed by atoms with Gasteiger partial charge in [0.15, 0.2) is 0 Å². The van der Waals surface area contributed by atoms with Crippen LogP contribution in [-0.2, 0) is 6.42 Å². The van der Waals surface area contributed by atoms with Crippen LogP contribution in [0.4, 0.5) is 11.4 Å². The number of anilines is 2. The Labute approximate surface area is 172 Å². The van der Waals surface area contributed by atoms with Crippen LogP contribution in [0.2, 0.25) is 0 Å². The van der Waals surface area contributed by atoms with Crippen molar-refractivity contribution in [2.24, 2.45) is 0 Å². The number of rotatable bonds is 15. The molecule has 0 aromatic heterocycles. The molecule has 0 aliphatic heterocycles. The van der Waals surface area contributed by atoms with Crippen LogP contribution in [-0.4, -0.2) is 5.11 Å². The van der Waals surface area contributed by atoms with Crippen molar-refractivity contribution in [1.82, 2.24) is 0 Å². The number of phenolic OH excluding ortho intramolecular Hbond substituents is 1. The van der Waals surface area contributed by atoms with Crippen molar-refractivity contribution in [2.75, 3.05) is 5.32 Å². The summed E-state index contributed by atoms with van der Waals surface area (Å²) in [6, 6.07) is 15.9. The number of phenols is 1. The Morgan fingerprint density at radius 3 is 1.50 bits per heavy atom. The molecule has 0 radical (unpaired) electrons. The molecule has 2 N–H and O–H groups in total. The summed E-state index contributed by atoms with van der Waals surface area (Å²) in [4.78, 5) is 0. The third-order valence-electron chi connectivity index (χ3n) is 5.43. The van der Waals surface area contributed by atoms with Crippen LogP contribution in [0.5, 0.6) is 5.75 Å². The van der Waals surface area contributed by atoms with Gasteiger partial charge in [-0.1, -0.05) is 89.7 Å². The molecular weight excluding hydrogens is 342 g/mol. The van der Waals surface area contributed by atoms with Crippen LogP contribution >= 0.6 is 0 Å². The summed E-state index contributed by atoms with van der Waals surface area (Å²) < 4.78 is 0. The minimum atomic E-state index is 0.295. The maximum Gasteiger partial charge on any atom is 0.115 e. The maximum absolute atomic E-state index is 9.34. The monoisotopic (exact) mass is 381 g/mol. The molecule has 0 unspecified atom stereocenters. The highest BCUT2D eigenvalue weighted by Gasteiger charge is 1.98. The standard InChI is InChI=1S/C26H39NO/c1-2-3-4-5-6-7-8-9-10-11-12-13-14-23-15-17-24(18-16-23)27-25-19-21-26(28)22-20-25/h15-22,27-28H,2-14H2,1H3. The van der Waals surface area contributed by atoms with Gasteiger partial charge in [-0.2, -0.15) is 0 Å². The zero-order valence-electron chi connectivity index (χ0n) is 17.8. The van der Waals surface area contributed by atoms with Crippen LogP contribution in [0.15, 0.2) is 48.5 Å². The SMILES string of the molecule is CCCCCCCCCCCCCCc1ccc(Nc2ccc(O)cc2)cc1. The highest BCUT2D eigenvalue weighted by molar-refractivity contribution is 5.60. The lowest BCUT2D eigenvalue weighted by Crippen LogP contribution is -1.91. The first-order chi connectivity index (χ1) is 13.8. The van der Waals surface area contributed by atoms with Crippen LogP contribution in [0, 0.1) is 0 Å². The molecule has 0 fully saturated rings. The largest absolute Gasteiger partial charge is 0.508 e. The number of aryl methyl sites for hydroxylation is 1. The number of unbranched alkanes of at least 4 members (excludes halogenated alkanes) is 11. The van der Waals surface area contributed by atoms with E-state index in [1.54, 1.807) is 12.1 Å². The van der Waals surface area contributed by atoms with Crippen LogP contribution in [0.3, 0.4) is 0 Å². The molecule has 2 nitrogen and oxygen atoms in total. The fourth-order valence-corrected chi connectivity index (χ4v) is 3.64. The summed E-state index contributed by atoms with van der Waals surface area (Å²) >= 11 is 0. The van der Waals surface area contributed by atoms with E-state index in [4.69, 9.17) is 0 Å². The average Bonchev–Trinajstić information content (AvgIpc) is 2.72. The van der Waals surface area contributed by atoms with E-state index in [0.29, 0.717) is 5.75 Å². The Bertz CT molecular complexity index is 618. The number of hydrogen-bond acceptors (Lipinski definition) is 2. The highest BCUT2D eigenvalue weighted by Crippen LogP contribution is 2.20. The molecule has 0 atom stereocenters. The minimum Gasteiger partial charge on any atom is -0.508 e. The van der Waals surface area contributed by atoms with Gasteiger partial charge < -0.3 is 10.4 Å². The van der Waals surface area contributed by atoms with Gasteiger partial charge in [0.1, 0.15) is 5.75 Å². The highest BCUT2D eigenvalue weighted by atomic mass is 16.3. The van der Waals surface area contributed by atoms with E-state index in [2.05, 4.69) is 36.5 Å². The van der Waals surface area contributed by atoms with Crippen molar-refractivity contribution in [3.63, 3.8) is 0 Å². The van der Waals surface area contributed by atoms with Crippen LogP contribution in [0.25, 0.3) is 0 Å². The molecule has 154 valence electrons. The van der Waals surface area contributed by atoms with Gasteiger partial charge >= 0.3 is 0 Å². The molecule has 0 saturated heterocycles. The average molecular weight is 382 g/mol. The molecule has 2 aromatic rings. The summed E-state index contributed by atoms with van der Waals surface area (Å²) in [6.45, 7) is 2.28. The fourth-order valence-electron chi connectivity index (χ4n) is 3.64. The van der Waals surface area contributed by atoms with Crippen molar-refractivity contribution in [1.29, 1.82) is 0 Å². The number of aromatic hydroxyl groups is 1. The number of hydrogen-bond donors (Lipinski definition) is 2. The summed E-state index contributed by atoms with van der Waals surface area (Å²) in [5.41, 5.74) is 3.50. The van der Waals surface area contributed by atoms with Gasteiger partial charge in [0.05, 0.1) is 0 Å². The maximum atomic E-state index is 9.34. The first-order valence-corrected chi connectivity index (χ1v) is 11.4. The van der Waals surface area contributed by atoms with E-state index in [1.807, 2.05) is 12.1 Å². The molecule has 2 aromatic carbocycles. The predicted molar refractivity (Wildman–Crippen MR) is 123 cm³/mol. The molecule has 0 saturated carbocycles. The summed E-state index contributed by atoms with van der Waals surface area (Å²) in [5, 5.41) is 12.7. The molecule has 0 aliphatic rings. The normalized spacial score (nSPS) is 10.9. The molecule has 0 heterocycles. The third kappa shape index (κ3) is 9.82. The van der Waals surface area contributed by atoms with Gasteiger partial charge in [-0.3, -0.25) is 0 Å². The topological polar surface area (TPSA) is 32.3 Å². The van der Waals surface area contributed by atoms with Crippen molar-refractivity contribution < 1.29 is 5.11 Å². The molecule has 0 spiro atoms. The zero-order chi connectivity index (χ0) is 19.9. The van der Waals surface area contributed by atoms with Crippen molar-refractivity contribution in [3.8, 4) is 5.75 Å². The third-order valence-corrected chi connectivity index (χ3v) is 5.43. The number of benzene rings is 2. The van der Waals surface area contributed by atoms with E-state index in [-0.39, 0.29) is 0 Å². The molecule has 2 rings (SSSR count). The lowest BCUT2D eigenvalue weighted by molar-refractivity contribution is 0.475. The van der Waals surface area contributed by atoms with E-state index in [9.17, 15) is 5.11 Å². The zero-order valence-corrected chi connectivity index (χ0v) is 17.8. The lowest BCUT2D eigenvalue weighted by Gasteiger charge is -2.08. The van der Waals surface area contributed by atoms with Gasteiger partial charge in [-0.15, -0.1) is 0 Å². The van der Waals surface area contributed by atoms with E-state index >= 15 is 0 Å². The van der Waals surface area contributed by atoms with Crippen molar-refractivity contribution >= 4 is 11.4 Å². The van der Waals surface area contributed by atoms with Gasteiger partial charge in [-0.25, -0.2) is 0 Å². The van der Waals surface area contributed by atoms with E-state index < -0.39 is 0 Å². The Balaban J connectivity index is 1.49. The van der Waals surface area contributed by atoms with Gasteiger partial charge in [0, 0.05) is 11.4 Å². The molecule has 28 heavy (non-hydrogen) atoms. The number of nitrogens with one attached hydrogen (secondary N) is 1. The van der Waals surface area contributed by atoms with Crippen LogP contribution < -0.4 is 5.32 Å². The summed E-state index contributed by atoms with van der Waals surface area (Å²) in [5.74, 6) is 0.295. The molecule has 0 aliphatic carbocycles. The predicted octanol–water partition coefficient (Wildman–Crippen LogP) is 8.38.